The summed E-state index contributed by atoms with van der Waals surface area (Å²) < 4.78 is 36.9. The highest BCUT2D eigenvalue weighted by atomic mass is 127. The van der Waals surface area contributed by atoms with Crippen LogP contribution in [0.15, 0.2) is 84.9 Å². The molecule has 0 spiro atoms. The number of halogens is 2. The van der Waals surface area contributed by atoms with Gasteiger partial charge in [0.15, 0.2) is 0 Å². The first-order valence-electron chi connectivity index (χ1n) is 21.6. The van der Waals surface area contributed by atoms with E-state index in [1.807, 2.05) is 114 Å². The third kappa shape index (κ3) is 17.3. The lowest BCUT2D eigenvalue weighted by molar-refractivity contribution is 0.0290. The lowest BCUT2D eigenvalue weighted by Gasteiger charge is -2.42. The summed E-state index contributed by atoms with van der Waals surface area (Å²) in [6.07, 6.45) is 0.871. The van der Waals surface area contributed by atoms with Crippen LogP contribution in [-0.2, 0) is 22.3 Å². The molecule has 0 aliphatic carbocycles. The molecule has 0 fully saturated rings. The third-order valence-corrected chi connectivity index (χ3v) is 17.9. The van der Waals surface area contributed by atoms with Crippen LogP contribution < -0.4 is 18.6 Å². The van der Waals surface area contributed by atoms with E-state index in [0.29, 0.717) is 29.7 Å². The molecule has 10 nitrogen and oxygen atoms in total. The van der Waals surface area contributed by atoms with E-state index < -0.39 is 19.5 Å². The van der Waals surface area contributed by atoms with E-state index in [0.717, 1.165) is 65.6 Å². The van der Waals surface area contributed by atoms with E-state index in [1.165, 1.54) is 0 Å². The molecular weight excluding hydrogens is 1040 g/mol. The van der Waals surface area contributed by atoms with Gasteiger partial charge in [-0.2, -0.15) is 0 Å². The molecule has 0 radical (unpaired) electrons. The Kier molecular flexibility index (Phi) is 20.4. The Balaban J connectivity index is 0.000000349. The van der Waals surface area contributed by atoms with Crippen molar-refractivity contribution in [1.82, 2.24) is 9.80 Å². The van der Waals surface area contributed by atoms with Gasteiger partial charge in [-0.25, -0.2) is 9.59 Å². The second-order valence-corrected chi connectivity index (χ2v) is 26.3. The van der Waals surface area contributed by atoms with E-state index >= 15 is 0 Å². The minimum absolute atomic E-state index is 0.306. The Morgan fingerprint density at radius 1 is 0.556 bits per heavy atom. The fourth-order valence-corrected chi connectivity index (χ4v) is 13.7. The highest BCUT2D eigenvalue weighted by Crippen LogP contribution is 2.43. The van der Waals surface area contributed by atoms with Crippen molar-refractivity contribution < 1.29 is 37.7 Å². The highest BCUT2D eigenvalue weighted by molar-refractivity contribution is 14.1. The predicted octanol–water partition coefficient (Wildman–Crippen LogP) is 14.5. The molecule has 63 heavy (non-hydrogen) atoms. The van der Waals surface area contributed by atoms with E-state index in [1.54, 1.807) is 31.0 Å². The number of rotatable bonds is 16. The predicted molar refractivity (Wildman–Crippen MR) is 275 cm³/mol. The molecular formula is C50H70I2N2O8Si. The molecule has 4 aromatic rings. The quantitative estimate of drug-likeness (QED) is 0.0809. The van der Waals surface area contributed by atoms with Gasteiger partial charge in [0, 0.05) is 27.2 Å². The molecule has 4 aromatic carbocycles. The van der Waals surface area contributed by atoms with Crippen LogP contribution in [0, 0.1) is 7.14 Å². The Morgan fingerprint density at radius 3 is 1.19 bits per heavy atom. The van der Waals surface area contributed by atoms with E-state index in [9.17, 15) is 9.59 Å². The number of nitrogens with zero attached hydrogens (tertiary/aromatic N) is 2. The van der Waals surface area contributed by atoms with Crippen molar-refractivity contribution in [2.45, 2.75) is 124 Å². The van der Waals surface area contributed by atoms with Crippen molar-refractivity contribution in [2.24, 2.45) is 0 Å². The van der Waals surface area contributed by atoms with Crippen LogP contribution in [0.2, 0.25) is 16.6 Å². The van der Waals surface area contributed by atoms with Crippen LogP contribution in [0.25, 0.3) is 0 Å². The average Bonchev–Trinajstić information content (AvgIpc) is 3.19. The van der Waals surface area contributed by atoms with Gasteiger partial charge in [0.1, 0.15) is 45.7 Å². The standard InChI is InChI=1S/C29H44INO4Si.C21H26INO4/c1-20(2)36(21(3)4,22(5)6)35-25-14-12-24(13-15-25)33-27-16-11-23(19-26(27)30)17-18-31(10)28(32)34-29(7,8)9;1-21(2,3)27-20(24)23(4)13-12-15-6-11-19(18(22)14-15)26-17-9-7-16(25-5)8-10-17/h11-16,19-22H,17-18H2,1-10H3;6-11,14H,12-13H2,1-5H3. The third-order valence-electron chi connectivity index (χ3n) is 10.2. The summed E-state index contributed by atoms with van der Waals surface area (Å²) in [6, 6.07) is 27.7. The first-order chi connectivity index (χ1) is 29.3. The number of carbonyl (C=O) groups is 2. The maximum Gasteiger partial charge on any atom is 0.410 e. The van der Waals surface area contributed by atoms with Crippen molar-refractivity contribution in [3.63, 3.8) is 0 Å². The molecule has 346 valence electrons. The summed E-state index contributed by atoms with van der Waals surface area (Å²) in [5.41, 5.74) is 2.88. The number of hydrogen-bond donors (Lipinski definition) is 0. The minimum atomic E-state index is -1.98. The number of hydrogen-bond acceptors (Lipinski definition) is 8. The molecule has 0 aromatic heterocycles. The van der Waals surface area contributed by atoms with Gasteiger partial charge in [-0.05, 0) is 200 Å². The summed E-state index contributed by atoms with van der Waals surface area (Å²) >= 11 is 4.56. The molecule has 0 bridgehead atoms. The summed E-state index contributed by atoms with van der Waals surface area (Å²) in [4.78, 5) is 27.4. The molecule has 4 rings (SSSR count). The van der Waals surface area contributed by atoms with E-state index in [2.05, 4.69) is 98.9 Å². The number of benzene rings is 4. The van der Waals surface area contributed by atoms with Gasteiger partial charge in [-0.3, -0.25) is 0 Å². The minimum Gasteiger partial charge on any atom is -0.543 e. The van der Waals surface area contributed by atoms with Crippen LogP contribution in [0.5, 0.6) is 34.5 Å². The van der Waals surface area contributed by atoms with Gasteiger partial charge < -0.3 is 37.9 Å². The molecule has 0 heterocycles. The van der Waals surface area contributed by atoms with Crippen LogP contribution in [0.4, 0.5) is 9.59 Å². The van der Waals surface area contributed by atoms with Gasteiger partial charge in [0.25, 0.3) is 8.32 Å². The lowest BCUT2D eigenvalue weighted by Crippen LogP contribution is -2.50. The van der Waals surface area contributed by atoms with Crippen LogP contribution in [0.3, 0.4) is 0 Å². The molecule has 0 atom stereocenters. The normalized spacial score (nSPS) is 11.7. The Labute approximate surface area is 406 Å². The zero-order valence-electron chi connectivity index (χ0n) is 40.1. The van der Waals surface area contributed by atoms with Gasteiger partial charge in [-0.1, -0.05) is 53.7 Å². The van der Waals surface area contributed by atoms with Crippen molar-refractivity contribution in [2.75, 3.05) is 34.3 Å². The van der Waals surface area contributed by atoms with Crippen LogP contribution in [0.1, 0.15) is 94.2 Å². The number of likely N-dealkylation sites (N-methyl/N-ethyl adjacent to an activating group) is 2. The zero-order valence-corrected chi connectivity index (χ0v) is 45.4. The SMILES string of the molecule is CC(C)[Si](Oc1ccc(Oc2ccc(CCN(C)C(=O)OC(C)(C)C)cc2I)cc1)(C(C)C)C(C)C.COc1ccc(Oc2ccc(CCN(C)C(=O)OC(C)(C)C)cc2I)cc1. The lowest BCUT2D eigenvalue weighted by atomic mass is 10.1. The number of ether oxygens (including phenoxy) is 5. The van der Waals surface area contributed by atoms with Crippen molar-refractivity contribution in [3.05, 3.63) is 103 Å². The van der Waals surface area contributed by atoms with Gasteiger partial charge in [-0.15, -0.1) is 0 Å². The fourth-order valence-electron chi connectivity index (χ4n) is 7.05. The van der Waals surface area contributed by atoms with Crippen molar-refractivity contribution in [1.29, 1.82) is 0 Å². The fraction of sp³-hybridized carbons (Fsp3) is 0.480. The second kappa shape index (κ2) is 24.0. The average molecular weight is 1110 g/mol. The first kappa shape index (κ1) is 53.6. The largest absolute Gasteiger partial charge is 0.543 e. The van der Waals surface area contributed by atoms with E-state index in [-0.39, 0.29) is 12.2 Å². The Bertz CT molecular complexity index is 2040. The Hall–Kier alpha value is -3.70. The van der Waals surface area contributed by atoms with Crippen molar-refractivity contribution >= 4 is 65.7 Å². The maximum absolute atomic E-state index is 12.2. The van der Waals surface area contributed by atoms with Gasteiger partial charge >= 0.3 is 12.2 Å². The first-order valence-corrected chi connectivity index (χ1v) is 25.9. The van der Waals surface area contributed by atoms with E-state index in [4.69, 9.17) is 28.1 Å². The van der Waals surface area contributed by atoms with Crippen LogP contribution >= 0.6 is 45.2 Å². The molecule has 0 aliphatic rings. The molecule has 0 aliphatic heterocycles. The molecule has 0 unspecified atom stereocenters. The number of methoxy groups -OCH3 is 1. The highest BCUT2D eigenvalue weighted by Gasteiger charge is 2.47. The molecule has 13 heteroatoms. The maximum atomic E-state index is 12.2. The summed E-state index contributed by atoms with van der Waals surface area (Å²) in [7, 11) is 3.17. The topological polar surface area (TPSA) is 96.0 Å². The number of amides is 2. The smallest absolute Gasteiger partial charge is 0.410 e. The summed E-state index contributed by atoms with van der Waals surface area (Å²) in [5.74, 6) is 4.86. The van der Waals surface area contributed by atoms with Gasteiger partial charge in [0.2, 0.25) is 0 Å². The number of carbonyl (C=O) groups excluding carboxylic acids is 2. The Morgan fingerprint density at radius 2 is 0.889 bits per heavy atom. The molecule has 0 saturated carbocycles. The molecule has 0 N–H and O–H groups in total. The summed E-state index contributed by atoms with van der Waals surface area (Å²) in [6.45, 7) is 26.2. The zero-order chi connectivity index (χ0) is 47.3. The summed E-state index contributed by atoms with van der Waals surface area (Å²) in [5, 5.41) is 0. The molecule has 2 amide bonds. The molecule has 0 saturated heterocycles. The van der Waals surface area contributed by atoms with Crippen molar-refractivity contribution in [3.8, 4) is 34.5 Å². The van der Waals surface area contributed by atoms with Gasteiger partial charge in [0.05, 0.1) is 14.3 Å². The second-order valence-electron chi connectivity index (χ2n) is 18.6. The monoisotopic (exact) mass is 1110 g/mol. The van der Waals surface area contributed by atoms with Crippen LogP contribution in [-0.4, -0.2) is 75.8 Å².